The van der Waals surface area contributed by atoms with E-state index in [2.05, 4.69) is 0 Å². The fourth-order valence-electron chi connectivity index (χ4n) is 2.18. The van der Waals surface area contributed by atoms with Crippen molar-refractivity contribution >= 4 is 23.0 Å². The van der Waals surface area contributed by atoms with E-state index >= 15 is 0 Å². The first-order valence-corrected chi connectivity index (χ1v) is 7.37. The second kappa shape index (κ2) is 6.65. The molecule has 1 aromatic carbocycles. The van der Waals surface area contributed by atoms with Gasteiger partial charge in [0.25, 0.3) is 5.24 Å². The smallest absolute Gasteiger partial charge is 0.328 e. The predicted molar refractivity (Wildman–Crippen MR) is 75.7 cm³/mol. The molecule has 1 fully saturated rings. The lowest BCUT2D eigenvalue weighted by atomic mass is 10.2. The number of carbonyl (C=O) groups is 2. The zero-order valence-corrected chi connectivity index (χ0v) is 12.1. The normalized spacial score (nSPS) is 18.1. The molecule has 1 amide bonds. The second-order valence-electron chi connectivity index (χ2n) is 4.47. The molecule has 20 heavy (non-hydrogen) atoms. The average molecular weight is 295 g/mol. The summed E-state index contributed by atoms with van der Waals surface area (Å²) in [5.41, 5.74) is 0. The van der Waals surface area contributed by atoms with E-state index in [4.69, 9.17) is 4.74 Å². The third kappa shape index (κ3) is 3.45. The molecule has 6 heteroatoms. The minimum Gasteiger partial charge on any atom is -0.508 e. The third-order valence-electron chi connectivity index (χ3n) is 3.07. The highest BCUT2D eigenvalue weighted by Crippen LogP contribution is 2.29. The van der Waals surface area contributed by atoms with E-state index in [0.29, 0.717) is 24.5 Å². The van der Waals surface area contributed by atoms with Gasteiger partial charge in [-0.15, -0.1) is 0 Å². The summed E-state index contributed by atoms with van der Waals surface area (Å²) in [6.45, 7) is 2.63. The van der Waals surface area contributed by atoms with Gasteiger partial charge in [0.2, 0.25) is 0 Å². The van der Waals surface area contributed by atoms with Gasteiger partial charge in [0.05, 0.1) is 6.61 Å². The van der Waals surface area contributed by atoms with Crippen molar-refractivity contribution in [2.24, 2.45) is 0 Å². The van der Waals surface area contributed by atoms with Crippen molar-refractivity contribution in [2.45, 2.75) is 30.7 Å². The second-order valence-corrected chi connectivity index (χ2v) is 5.49. The number of phenols is 1. The highest BCUT2D eigenvalue weighted by Gasteiger charge is 2.35. The number of aromatic hydroxyl groups is 1. The summed E-state index contributed by atoms with van der Waals surface area (Å²) in [6, 6.07) is 6.02. The number of carbonyl (C=O) groups excluding carboxylic acids is 2. The number of esters is 1. The first-order valence-electron chi connectivity index (χ1n) is 6.56. The van der Waals surface area contributed by atoms with Crippen LogP contribution in [0.25, 0.3) is 0 Å². The molecule has 1 N–H and O–H groups in total. The van der Waals surface area contributed by atoms with E-state index in [0.717, 1.165) is 18.2 Å². The summed E-state index contributed by atoms with van der Waals surface area (Å²) in [6.07, 6.45) is 1.45. The lowest BCUT2D eigenvalue weighted by Gasteiger charge is -2.22. The average Bonchev–Trinajstić information content (AvgIpc) is 2.88. The molecule has 1 aliphatic heterocycles. The molecule has 108 valence electrons. The van der Waals surface area contributed by atoms with Crippen LogP contribution < -0.4 is 0 Å². The molecule has 0 aromatic heterocycles. The summed E-state index contributed by atoms with van der Waals surface area (Å²) >= 11 is 1.01. The van der Waals surface area contributed by atoms with Crippen LogP contribution in [0.1, 0.15) is 19.8 Å². The van der Waals surface area contributed by atoms with Crippen LogP contribution in [0.5, 0.6) is 5.75 Å². The minimum atomic E-state index is -0.479. The fraction of sp³-hybridized carbons (Fsp3) is 0.429. The van der Waals surface area contributed by atoms with E-state index in [1.807, 2.05) is 0 Å². The summed E-state index contributed by atoms with van der Waals surface area (Å²) in [4.78, 5) is 26.3. The van der Waals surface area contributed by atoms with E-state index < -0.39 is 6.04 Å². The van der Waals surface area contributed by atoms with Gasteiger partial charge < -0.3 is 14.7 Å². The number of phenolic OH excluding ortho intramolecular Hbond substituents is 1. The number of hydrogen-bond donors (Lipinski definition) is 1. The van der Waals surface area contributed by atoms with Crippen molar-refractivity contribution in [3.8, 4) is 5.75 Å². The third-order valence-corrected chi connectivity index (χ3v) is 3.97. The molecule has 1 atom stereocenters. The highest BCUT2D eigenvalue weighted by atomic mass is 32.2. The van der Waals surface area contributed by atoms with Gasteiger partial charge in [-0.2, -0.15) is 0 Å². The van der Waals surface area contributed by atoms with Gasteiger partial charge in [0, 0.05) is 11.4 Å². The standard InChI is InChI=1S/C14H17NO4S/c1-2-19-13(17)12-7-4-8-15(12)14(18)20-11-6-3-5-10(16)9-11/h3,5-6,9,12,16H,2,4,7-8H2,1H3. The van der Waals surface area contributed by atoms with Crippen LogP contribution in [-0.4, -0.2) is 40.4 Å². The van der Waals surface area contributed by atoms with Gasteiger partial charge in [-0.25, -0.2) is 4.79 Å². The molecular weight excluding hydrogens is 278 g/mol. The topological polar surface area (TPSA) is 66.8 Å². The quantitative estimate of drug-likeness (QED) is 0.686. The monoisotopic (exact) mass is 295 g/mol. The Morgan fingerprint density at radius 1 is 1.50 bits per heavy atom. The van der Waals surface area contributed by atoms with Crippen LogP contribution in [-0.2, 0) is 9.53 Å². The lowest BCUT2D eigenvalue weighted by molar-refractivity contribution is -0.147. The van der Waals surface area contributed by atoms with Crippen molar-refractivity contribution < 1.29 is 19.4 Å². The largest absolute Gasteiger partial charge is 0.508 e. The van der Waals surface area contributed by atoms with Crippen LogP contribution in [0.2, 0.25) is 0 Å². The molecule has 2 rings (SSSR count). The zero-order valence-electron chi connectivity index (χ0n) is 11.2. The molecule has 0 radical (unpaired) electrons. The Balaban J connectivity index is 2.02. The summed E-state index contributed by atoms with van der Waals surface area (Å²) in [5.74, 6) is -0.221. The van der Waals surface area contributed by atoms with E-state index in [9.17, 15) is 14.7 Å². The highest BCUT2D eigenvalue weighted by molar-refractivity contribution is 8.13. The maximum absolute atomic E-state index is 12.2. The summed E-state index contributed by atoms with van der Waals surface area (Å²) < 4.78 is 4.99. The molecule has 0 spiro atoms. The molecule has 0 saturated carbocycles. The Bertz CT molecular complexity index is 506. The Morgan fingerprint density at radius 2 is 2.30 bits per heavy atom. The molecule has 1 unspecified atom stereocenters. The van der Waals surface area contributed by atoms with Gasteiger partial charge in [-0.3, -0.25) is 4.79 Å². The molecule has 1 heterocycles. The van der Waals surface area contributed by atoms with E-state index in [-0.39, 0.29) is 17.0 Å². The van der Waals surface area contributed by atoms with Gasteiger partial charge in [-0.1, -0.05) is 6.07 Å². The van der Waals surface area contributed by atoms with Crippen LogP contribution in [0.3, 0.4) is 0 Å². The number of benzene rings is 1. The van der Waals surface area contributed by atoms with Crippen LogP contribution in [0.4, 0.5) is 4.79 Å². The fourth-order valence-corrected chi connectivity index (χ4v) is 3.04. The lowest BCUT2D eigenvalue weighted by Crippen LogP contribution is -2.39. The zero-order chi connectivity index (χ0) is 14.5. The first kappa shape index (κ1) is 14.7. The van der Waals surface area contributed by atoms with Crippen molar-refractivity contribution in [3.63, 3.8) is 0 Å². The minimum absolute atomic E-state index is 0.117. The SMILES string of the molecule is CCOC(=O)C1CCCN1C(=O)Sc1cccc(O)c1. The van der Waals surface area contributed by atoms with Crippen molar-refractivity contribution in [2.75, 3.05) is 13.2 Å². The maximum Gasteiger partial charge on any atom is 0.328 e. The first-order chi connectivity index (χ1) is 9.61. The van der Waals surface area contributed by atoms with E-state index in [1.165, 1.54) is 6.07 Å². The number of nitrogens with zero attached hydrogens (tertiary/aromatic N) is 1. The number of likely N-dealkylation sites (tertiary alicyclic amines) is 1. The molecule has 5 nitrogen and oxygen atoms in total. The van der Waals surface area contributed by atoms with Crippen LogP contribution in [0.15, 0.2) is 29.2 Å². The number of rotatable bonds is 3. The van der Waals surface area contributed by atoms with Gasteiger partial charge in [-0.05, 0) is 49.7 Å². The van der Waals surface area contributed by atoms with Crippen LogP contribution in [0, 0.1) is 0 Å². The summed E-state index contributed by atoms with van der Waals surface area (Å²) in [5, 5.41) is 9.20. The Kier molecular flexibility index (Phi) is 4.89. The number of thioether (sulfide) groups is 1. The number of ether oxygens (including phenoxy) is 1. The number of amides is 1. The molecule has 1 aromatic rings. The van der Waals surface area contributed by atoms with Gasteiger partial charge in [0.15, 0.2) is 0 Å². The predicted octanol–water partition coefficient (Wildman–Crippen LogP) is 2.63. The van der Waals surface area contributed by atoms with Crippen molar-refractivity contribution in [1.29, 1.82) is 0 Å². The molecule has 1 saturated heterocycles. The molecule has 0 bridgehead atoms. The van der Waals surface area contributed by atoms with Crippen molar-refractivity contribution in [1.82, 2.24) is 4.90 Å². The Hall–Kier alpha value is -1.69. The van der Waals surface area contributed by atoms with Crippen LogP contribution >= 0.6 is 11.8 Å². The molecule has 0 aliphatic carbocycles. The van der Waals surface area contributed by atoms with Gasteiger partial charge in [0.1, 0.15) is 11.8 Å². The molecule has 1 aliphatic rings. The number of hydrogen-bond acceptors (Lipinski definition) is 5. The van der Waals surface area contributed by atoms with Crippen molar-refractivity contribution in [3.05, 3.63) is 24.3 Å². The molecular formula is C14H17NO4S. The maximum atomic E-state index is 12.2. The van der Waals surface area contributed by atoms with E-state index in [1.54, 1.807) is 30.0 Å². The Labute approximate surface area is 121 Å². The Morgan fingerprint density at radius 3 is 3.00 bits per heavy atom. The van der Waals surface area contributed by atoms with Gasteiger partial charge >= 0.3 is 5.97 Å². The summed E-state index contributed by atoms with van der Waals surface area (Å²) in [7, 11) is 0.